The van der Waals surface area contributed by atoms with Gasteiger partial charge in [-0.15, -0.1) is 0 Å². The fraction of sp³-hybridized carbons (Fsp3) is 0.133. The van der Waals surface area contributed by atoms with Crippen LogP contribution < -0.4 is 0 Å². The van der Waals surface area contributed by atoms with Gasteiger partial charge in [-0.25, -0.2) is 0 Å². The van der Waals surface area contributed by atoms with Crippen molar-refractivity contribution in [1.82, 2.24) is 0 Å². The third-order valence-electron chi connectivity index (χ3n) is 2.51. The Morgan fingerprint density at radius 1 is 0.917 bits per heavy atom. The molecule has 0 radical (unpaired) electrons. The van der Waals surface area contributed by atoms with Gasteiger partial charge in [-0.1, -0.05) is 29.3 Å². The Hall–Kier alpha value is -2.07. The summed E-state index contributed by atoms with van der Waals surface area (Å²) in [5, 5.41) is 0. The van der Waals surface area contributed by atoms with E-state index in [-0.39, 0.29) is 22.9 Å². The van der Waals surface area contributed by atoms with E-state index in [2.05, 4.69) is 19.0 Å². The van der Waals surface area contributed by atoms with Gasteiger partial charge >= 0.3 is 0 Å². The van der Waals surface area contributed by atoms with Gasteiger partial charge in [0.05, 0.1) is 23.7 Å². The summed E-state index contributed by atoms with van der Waals surface area (Å²) in [5.41, 5.74) is 3.10. The fourth-order valence-corrected chi connectivity index (χ4v) is 2.30. The molecule has 6 nitrogen and oxygen atoms in total. The van der Waals surface area contributed by atoms with Crippen LogP contribution in [0.15, 0.2) is 61.6 Å². The molecule has 0 atom stereocenters. The maximum absolute atomic E-state index is 10.0. The molecule has 24 heavy (non-hydrogen) atoms. The summed E-state index contributed by atoms with van der Waals surface area (Å²) in [6.07, 6.45) is 0. The van der Waals surface area contributed by atoms with Crippen LogP contribution in [0, 0.1) is 0 Å². The predicted molar refractivity (Wildman–Crippen MR) is 101 cm³/mol. The second-order valence-corrected chi connectivity index (χ2v) is 5.28. The lowest BCUT2D eigenvalue weighted by Crippen LogP contribution is -1.85. The van der Waals surface area contributed by atoms with Crippen LogP contribution in [0.5, 0.6) is 0 Å². The Morgan fingerprint density at radius 3 is 1.96 bits per heavy atom. The molecule has 0 aromatic heterocycles. The molecule has 126 valence electrons. The van der Waals surface area contributed by atoms with E-state index < -0.39 is 0 Å². The van der Waals surface area contributed by atoms with Crippen molar-refractivity contribution >= 4 is 57.0 Å². The van der Waals surface area contributed by atoms with Gasteiger partial charge in [-0.2, -0.15) is 21.5 Å². The molecule has 0 aliphatic heterocycles. The number of hydrogen-bond donors (Lipinski definition) is 0. The molecule has 2 aromatic carbocycles. The van der Waals surface area contributed by atoms with Crippen molar-refractivity contribution in [2.24, 2.45) is 13.1 Å². The zero-order chi connectivity index (χ0) is 17.6. The normalized spacial score (nSPS) is 9.04. The van der Waals surface area contributed by atoms with E-state index >= 15 is 0 Å². The first-order valence-electron chi connectivity index (χ1n) is 6.53. The van der Waals surface area contributed by atoms with E-state index in [1.165, 1.54) is 11.1 Å². The molecule has 0 amide bonds. The van der Waals surface area contributed by atoms with Crippen LogP contribution in [0.4, 0.5) is 17.1 Å². The Bertz CT molecular complexity index is 792. The van der Waals surface area contributed by atoms with Crippen molar-refractivity contribution in [1.29, 1.82) is 0 Å². The predicted octanol–water partition coefficient (Wildman–Crippen LogP) is 3.91. The maximum atomic E-state index is 10.0. The summed E-state index contributed by atoms with van der Waals surface area (Å²) < 4.78 is 36.2. The molecule has 0 bridgehead atoms. The van der Waals surface area contributed by atoms with Gasteiger partial charge in [0, 0.05) is 7.11 Å². The van der Waals surface area contributed by atoms with Gasteiger partial charge < -0.3 is 4.74 Å². The summed E-state index contributed by atoms with van der Waals surface area (Å²) in [5.74, 6) is 3.58. The van der Waals surface area contributed by atoms with Crippen LogP contribution in [0.3, 0.4) is 0 Å². The Morgan fingerprint density at radius 2 is 1.46 bits per heavy atom. The minimum Gasteiger partial charge on any atom is -0.380 e. The van der Waals surface area contributed by atoms with Crippen molar-refractivity contribution in [3.63, 3.8) is 0 Å². The van der Waals surface area contributed by atoms with Crippen molar-refractivity contribution in [3.8, 4) is 0 Å². The SMILES string of the molecule is C=S=Nc1cccc(COC)c1.O=S=Nc1cccc(N=S=O)c1. The first-order valence-corrected chi connectivity index (χ1v) is 8.87. The third-order valence-corrected chi connectivity index (χ3v) is 3.42. The monoisotopic (exact) mass is 381 g/mol. The van der Waals surface area contributed by atoms with Crippen molar-refractivity contribution in [3.05, 3.63) is 54.1 Å². The molecule has 0 fully saturated rings. The zero-order valence-electron chi connectivity index (χ0n) is 12.8. The van der Waals surface area contributed by atoms with Crippen molar-refractivity contribution in [2.45, 2.75) is 6.61 Å². The minimum absolute atomic E-state index is 0.130. The van der Waals surface area contributed by atoms with Crippen molar-refractivity contribution < 1.29 is 13.2 Å². The topological polar surface area (TPSA) is 80.4 Å². The summed E-state index contributed by atoms with van der Waals surface area (Å²) in [6.45, 7) is 0.630. The lowest BCUT2D eigenvalue weighted by Gasteiger charge is -1.98. The molecule has 0 saturated heterocycles. The molecule has 0 spiro atoms. The Labute approximate surface area is 151 Å². The minimum atomic E-state index is 0.130. The zero-order valence-corrected chi connectivity index (χ0v) is 15.3. The quantitative estimate of drug-likeness (QED) is 0.737. The van der Waals surface area contributed by atoms with E-state index in [0.717, 1.165) is 11.3 Å². The Kier molecular flexibility index (Phi) is 10.3. The maximum Gasteiger partial charge on any atom is 0.205 e. The molecule has 2 aromatic rings. The van der Waals surface area contributed by atoms with Crippen LogP contribution in [-0.2, 0) is 45.4 Å². The summed E-state index contributed by atoms with van der Waals surface area (Å²) in [7, 11) is 1.68. The van der Waals surface area contributed by atoms with Crippen LogP contribution in [-0.4, -0.2) is 21.4 Å². The molecule has 2 rings (SSSR count). The van der Waals surface area contributed by atoms with Gasteiger partial charge in [0.1, 0.15) is 0 Å². The first-order chi connectivity index (χ1) is 11.7. The summed E-state index contributed by atoms with van der Waals surface area (Å²) in [4.78, 5) is 0. The van der Waals surface area contributed by atoms with Gasteiger partial charge in [0.15, 0.2) is 0 Å². The third kappa shape index (κ3) is 7.97. The first kappa shape index (κ1) is 20.0. The van der Waals surface area contributed by atoms with Gasteiger partial charge in [-0.3, -0.25) is 0 Å². The smallest absolute Gasteiger partial charge is 0.205 e. The highest BCUT2D eigenvalue weighted by molar-refractivity contribution is 7.66. The number of hydrogen-bond acceptors (Lipinski definition) is 6. The molecule has 9 heteroatoms. The molecule has 0 aliphatic carbocycles. The lowest BCUT2D eigenvalue weighted by atomic mass is 10.2. The molecular formula is C15H15N3O3S3. The number of benzene rings is 2. The molecule has 0 unspecified atom stereocenters. The average Bonchev–Trinajstić information content (AvgIpc) is 2.58. The summed E-state index contributed by atoms with van der Waals surface area (Å²) in [6, 6.07) is 14.5. The standard InChI is InChI=1S/C9H11NOS.C6H4N2O2S2/c1-11-7-8-4-3-5-9(6-8)10-12-2;9-11-7-5-2-1-3-6(4-5)8-12-10/h3-6H,2,7H2,1H3;1-4H. The molecule has 0 heterocycles. The van der Waals surface area contributed by atoms with Gasteiger partial charge in [-0.05, 0) is 41.8 Å². The molecule has 0 aliphatic rings. The van der Waals surface area contributed by atoms with Gasteiger partial charge in [0.2, 0.25) is 22.9 Å². The number of rotatable bonds is 5. The molecular weight excluding hydrogens is 366 g/mol. The number of methoxy groups -OCH3 is 1. The fourth-order valence-electron chi connectivity index (χ4n) is 1.64. The van der Waals surface area contributed by atoms with Crippen LogP contribution >= 0.6 is 0 Å². The average molecular weight is 382 g/mol. The van der Waals surface area contributed by atoms with E-state index in [9.17, 15) is 8.42 Å². The van der Waals surface area contributed by atoms with E-state index in [0.29, 0.717) is 18.0 Å². The Balaban J connectivity index is 0.000000240. The van der Waals surface area contributed by atoms with E-state index in [1.54, 1.807) is 31.4 Å². The van der Waals surface area contributed by atoms with Gasteiger partial charge in [0.25, 0.3) is 0 Å². The summed E-state index contributed by atoms with van der Waals surface area (Å²) >= 11 is 1.48. The number of nitrogens with zero attached hydrogens (tertiary/aromatic N) is 3. The van der Waals surface area contributed by atoms with E-state index in [1.807, 2.05) is 24.3 Å². The van der Waals surface area contributed by atoms with Crippen LogP contribution in [0.2, 0.25) is 0 Å². The largest absolute Gasteiger partial charge is 0.380 e. The number of ether oxygens (including phenoxy) is 1. The second kappa shape index (κ2) is 12.4. The molecule has 0 N–H and O–H groups in total. The van der Waals surface area contributed by atoms with Crippen LogP contribution in [0.25, 0.3) is 0 Å². The van der Waals surface area contributed by atoms with Crippen LogP contribution in [0.1, 0.15) is 5.56 Å². The highest BCUT2D eigenvalue weighted by Crippen LogP contribution is 2.19. The highest BCUT2D eigenvalue weighted by atomic mass is 32.1. The lowest BCUT2D eigenvalue weighted by molar-refractivity contribution is 0.185. The van der Waals surface area contributed by atoms with Crippen molar-refractivity contribution in [2.75, 3.05) is 7.11 Å². The highest BCUT2D eigenvalue weighted by Gasteiger charge is 1.92. The molecule has 0 saturated carbocycles. The van der Waals surface area contributed by atoms with E-state index in [4.69, 9.17) is 4.74 Å². The second-order valence-electron chi connectivity index (χ2n) is 4.17.